The monoisotopic (exact) mass is 250 g/mol. The maximum Gasteiger partial charge on any atom is 0.173 e. The van der Waals surface area contributed by atoms with E-state index in [0.717, 1.165) is 10.5 Å². The summed E-state index contributed by atoms with van der Waals surface area (Å²) >= 11 is 10.1. The molecule has 13 heavy (non-hydrogen) atoms. The Morgan fingerprint density at radius 2 is 2.08 bits per heavy atom. The van der Waals surface area contributed by atoms with Crippen LogP contribution in [0.5, 0.6) is 0 Å². The number of rotatable bonds is 2. The van der Waals surface area contributed by atoms with Crippen LogP contribution < -0.4 is 0 Å². The molecule has 72 valence electrons. The number of hydrogen-bond acceptors (Lipinski definition) is 2. The summed E-state index contributed by atoms with van der Waals surface area (Å²) in [4.78, 5) is 10.4. The van der Waals surface area contributed by atoms with Crippen LogP contribution in [0.15, 0.2) is 23.1 Å². The predicted octanol–water partition coefficient (Wildman–Crippen LogP) is 3.54. The van der Waals surface area contributed by atoms with Crippen molar-refractivity contribution in [2.75, 3.05) is 0 Å². The maximum atomic E-state index is 9.42. The Labute approximate surface area is 92.9 Å². The molecule has 0 bridgehead atoms. The number of thiol groups is 1. The van der Waals surface area contributed by atoms with Crippen molar-refractivity contribution < 1.29 is 4.89 Å². The Kier molecular flexibility index (Phi) is 3.90. The van der Waals surface area contributed by atoms with Crippen molar-refractivity contribution in [1.82, 2.24) is 0 Å². The Bertz CT molecular complexity index is 358. The SMILES string of the molecule is Cc1ccc(SP(O)(=S)S)c(C)c1. The summed E-state index contributed by atoms with van der Waals surface area (Å²) in [5.74, 6) is 0. The lowest BCUT2D eigenvalue weighted by Crippen LogP contribution is -1.80. The standard InChI is InChI=1S/C8H11OPS3/c1-6-3-4-8(7(2)5-6)13-10(9,11)12/h3-5H,1-2H3,(H2,9,11,12). The molecule has 1 aromatic rings. The second-order valence-corrected chi connectivity index (χ2v) is 12.2. The summed E-state index contributed by atoms with van der Waals surface area (Å²) in [5, 5.41) is 0. The lowest BCUT2D eigenvalue weighted by molar-refractivity contribution is 0.654. The summed E-state index contributed by atoms with van der Waals surface area (Å²) in [5.41, 5.74) is 2.36. The molecule has 0 aliphatic carbocycles. The molecule has 1 unspecified atom stereocenters. The van der Waals surface area contributed by atoms with Crippen LogP contribution in [0, 0.1) is 13.8 Å². The van der Waals surface area contributed by atoms with E-state index in [2.05, 4.69) is 18.3 Å². The summed E-state index contributed by atoms with van der Waals surface area (Å²) in [7, 11) is 0. The first-order valence-electron chi connectivity index (χ1n) is 3.71. The van der Waals surface area contributed by atoms with Crippen molar-refractivity contribution >= 4 is 40.1 Å². The van der Waals surface area contributed by atoms with E-state index in [-0.39, 0.29) is 0 Å². The molecule has 1 nitrogen and oxygen atoms in total. The van der Waals surface area contributed by atoms with Gasteiger partial charge in [0.05, 0.1) is 0 Å². The molecule has 0 spiro atoms. The fourth-order valence-electron chi connectivity index (χ4n) is 1.03. The quantitative estimate of drug-likeness (QED) is 0.619. The third-order valence-corrected chi connectivity index (χ3v) is 5.15. The van der Waals surface area contributed by atoms with Crippen molar-refractivity contribution in [3.05, 3.63) is 29.3 Å². The van der Waals surface area contributed by atoms with Gasteiger partial charge in [0.1, 0.15) is 0 Å². The normalized spacial score (nSPS) is 15.4. The molecule has 0 saturated carbocycles. The van der Waals surface area contributed by atoms with Gasteiger partial charge in [0, 0.05) is 4.90 Å². The maximum absolute atomic E-state index is 9.42. The molecule has 0 aliphatic rings. The van der Waals surface area contributed by atoms with Crippen molar-refractivity contribution in [3.8, 4) is 0 Å². The van der Waals surface area contributed by atoms with Gasteiger partial charge in [-0.15, -0.1) is 12.2 Å². The fraction of sp³-hybridized carbons (Fsp3) is 0.250. The summed E-state index contributed by atoms with van der Waals surface area (Å²) in [6.07, 6.45) is 0. The first kappa shape index (κ1) is 11.6. The average molecular weight is 250 g/mol. The molecule has 0 heterocycles. The van der Waals surface area contributed by atoms with E-state index < -0.39 is 4.67 Å². The molecule has 5 heteroatoms. The van der Waals surface area contributed by atoms with Crippen LogP contribution in [-0.2, 0) is 11.8 Å². The van der Waals surface area contributed by atoms with Gasteiger partial charge in [-0.3, -0.25) is 0 Å². The van der Waals surface area contributed by atoms with Crippen LogP contribution in [0.4, 0.5) is 0 Å². The summed E-state index contributed by atoms with van der Waals surface area (Å²) in [6.45, 7) is 4.05. The molecule has 1 rings (SSSR count). The van der Waals surface area contributed by atoms with Gasteiger partial charge in [0.15, 0.2) is 4.67 Å². The van der Waals surface area contributed by atoms with Crippen molar-refractivity contribution in [2.24, 2.45) is 0 Å². The highest BCUT2D eigenvalue weighted by Gasteiger charge is 2.10. The van der Waals surface area contributed by atoms with E-state index in [1.807, 2.05) is 26.0 Å². The third kappa shape index (κ3) is 4.05. The first-order valence-corrected chi connectivity index (χ1v) is 9.04. The Hall–Kier alpha value is 0.530. The van der Waals surface area contributed by atoms with Crippen LogP contribution in [0.3, 0.4) is 0 Å². The molecule has 0 aromatic heterocycles. The second kappa shape index (κ2) is 4.37. The van der Waals surface area contributed by atoms with Gasteiger partial charge in [-0.2, -0.15) is 0 Å². The number of aryl methyl sites for hydroxylation is 2. The molecule has 0 radical (unpaired) electrons. The molecule has 0 aliphatic heterocycles. The Morgan fingerprint density at radius 1 is 1.46 bits per heavy atom. The van der Waals surface area contributed by atoms with Gasteiger partial charge in [0.2, 0.25) is 0 Å². The minimum atomic E-state index is -2.49. The third-order valence-electron chi connectivity index (χ3n) is 1.55. The van der Waals surface area contributed by atoms with Crippen LogP contribution in [0.25, 0.3) is 0 Å². The van der Waals surface area contributed by atoms with E-state index in [1.165, 1.54) is 16.9 Å². The van der Waals surface area contributed by atoms with E-state index in [9.17, 15) is 4.89 Å². The molecule has 1 aromatic carbocycles. The Balaban J connectivity index is 2.97. The molecule has 0 amide bonds. The minimum Gasteiger partial charge on any atom is -0.350 e. The van der Waals surface area contributed by atoms with Crippen LogP contribution >= 0.6 is 28.3 Å². The highest BCUT2D eigenvalue weighted by molar-refractivity contribution is 8.94. The van der Waals surface area contributed by atoms with Gasteiger partial charge in [-0.05, 0) is 37.3 Å². The predicted molar refractivity (Wildman–Crippen MR) is 67.3 cm³/mol. The van der Waals surface area contributed by atoms with E-state index in [1.54, 1.807) is 0 Å². The summed E-state index contributed by atoms with van der Waals surface area (Å²) in [6, 6.07) is 6.05. The van der Waals surface area contributed by atoms with Gasteiger partial charge in [0.25, 0.3) is 0 Å². The molecule has 0 fully saturated rings. The lowest BCUT2D eigenvalue weighted by Gasteiger charge is -2.09. The first-order chi connectivity index (χ1) is 5.88. The van der Waals surface area contributed by atoms with E-state index >= 15 is 0 Å². The molecule has 1 atom stereocenters. The Morgan fingerprint density at radius 3 is 2.54 bits per heavy atom. The molecule has 1 N–H and O–H groups in total. The van der Waals surface area contributed by atoms with E-state index in [4.69, 9.17) is 11.8 Å². The molecular weight excluding hydrogens is 239 g/mol. The van der Waals surface area contributed by atoms with Crippen LogP contribution in [0.2, 0.25) is 0 Å². The van der Waals surface area contributed by atoms with Gasteiger partial charge in [-0.1, -0.05) is 29.1 Å². The zero-order chi connectivity index (χ0) is 10.1. The zero-order valence-corrected chi connectivity index (χ0v) is 10.8. The lowest BCUT2D eigenvalue weighted by atomic mass is 10.2. The highest BCUT2D eigenvalue weighted by Crippen LogP contribution is 2.62. The highest BCUT2D eigenvalue weighted by atomic mass is 33.2. The number of hydrogen-bond donors (Lipinski definition) is 2. The van der Waals surface area contributed by atoms with Crippen LogP contribution in [0.1, 0.15) is 11.1 Å². The van der Waals surface area contributed by atoms with Crippen molar-refractivity contribution in [1.29, 1.82) is 0 Å². The van der Waals surface area contributed by atoms with Gasteiger partial charge in [-0.25, -0.2) is 0 Å². The molecule has 0 saturated heterocycles. The second-order valence-electron chi connectivity index (χ2n) is 2.85. The van der Waals surface area contributed by atoms with E-state index in [0.29, 0.717) is 0 Å². The van der Waals surface area contributed by atoms with Crippen LogP contribution in [-0.4, -0.2) is 4.89 Å². The summed E-state index contributed by atoms with van der Waals surface area (Å²) < 4.78 is -2.49. The van der Waals surface area contributed by atoms with Gasteiger partial charge >= 0.3 is 0 Å². The topological polar surface area (TPSA) is 20.2 Å². The number of benzene rings is 1. The minimum absolute atomic E-state index is 1.02. The van der Waals surface area contributed by atoms with Gasteiger partial charge < -0.3 is 4.89 Å². The average Bonchev–Trinajstić information content (AvgIpc) is 1.93. The zero-order valence-electron chi connectivity index (χ0n) is 7.39. The fourth-order valence-corrected chi connectivity index (χ4v) is 4.52. The van der Waals surface area contributed by atoms with Crippen molar-refractivity contribution in [3.63, 3.8) is 0 Å². The smallest absolute Gasteiger partial charge is 0.173 e. The van der Waals surface area contributed by atoms with Crippen molar-refractivity contribution in [2.45, 2.75) is 18.7 Å². The molecular formula is C8H11OPS3. The largest absolute Gasteiger partial charge is 0.350 e.